The molecule has 1 atom stereocenters. The first kappa shape index (κ1) is 22.7. The van der Waals surface area contributed by atoms with E-state index in [0.29, 0.717) is 5.92 Å². The maximum Gasteiger partial charge on any atom is 0.205 e. The Hall–Kier alpha value is -1.45. The first-order valence-electron chi connectivity index (χ1n) is 11.1. The van der Waals surface area contributed by atoms with Gasteiger partial charge in [0.25, 0.3) is 0 Å². The van der Waals surface area contributed by atoms with Gasteiger partial charge in [-0.25, -0.2) is 0 Å². The molecule has 1 aliphatic rings. The van der Waals surface area contributed by atoms with Crippen molar-refractivity contribution in [1.29, 1.82) is 0 Å². The van der Waals surface area contributed by atoms with Crippen LogP contribution in [0.15, 0.2) is 88.7 Å². The van der Waals surface area contributed by atoms with Gasteiger partial charge in [0.2, 0.25) is 7.29 Å². The third-order valence-electron chi connectivity index (χ3n) is 5.94. The predicted molar refractivity (Wildman–Crippen MR) is 138 cm³/mol. The van der Waals surface area contributed by atoms with Crippen LogP contribution in [0.2, 0.25) is 0 Å². The molecule has 0 bridgehead atoms. The van der Waals surface area contributed by atoms with Crippen LogP contribution in [0.3, 0.4) is 0 Å². The van der Waals surface area contributed by atoms with Crippen molar-refractivity contribution in [1.82, 2.24) is 5.09 Å². The van der Waals surface area contributed by atoms with Crippen molar-refractivity contribution >= 4 is 45.2 Å². The maximum atomic E-state index is 14.5. The predicted octanol–water partition coefficient (Wildman–Crippen LogP) is 7.60. The molecule has 2 nitrogen and oxygen atoms in total. The molecule has 5 heteroatoms. The lowest BCUT2D eigenvalue weighted by Crippen LogP contribution is -2.30. The minimum Gasteiger partial charge on any atom is -0.297 e. The minimum absolute atomic E-state index is 0.0117. The van der Waals surface area contributed by atoms with Gasteiger partial charge in [-0.3, -0.25) is 9.65 Å². The van der Waals surface area contributed by atoms with Crippen LogP contribution in [0.1, 0.15) is 49.4 Å². The Kier molecular flexibility index (Phi) is 8.01. The Labute approximate surface area is 198 Å². The van der Waals surface area contributed by atoms with E-state index in [1.165, 1.54) is 37.0 Å². The Morgan fingerprint density at radius 1 is 0.935 bits per heavy atom. The number of rotatable bonds is 8. The molecule has 0 saturated heterocycles. The SMILES string of the molecule is O=P(NC(C/C=C/C1CCCCC1)c1ccc(Br)s1)(c1ccccc1)c1ccccc1. The highest BCUT2D eigenvalue weighted by Gasteiger charge is 2.30. The summed E-state index contributed by atoms with van der Waals surface area (Å²) in [6.45, 7) is 0. The second-order valence-corrected chi connectivity index (χ2v) is 13.2. The van der Waals surface area contributed by atoms with Gasteiger partial charge in [-0.15, -0.1) is 11.3 Å². The van der Waals surface area contributed by atoms with Gasteiger partial charge in [-0.05, 0) is 77.5 Å². The summed E-state index contributed by atoms with van der Waals surface area (Å²) in [5.41, 5.74) is 0. The number of benzene rings is 2. The number of nitrogens with one attached hydrogen (secondary N) is 1. The maximum absolute atomic E-state index is 14.5. The standard InChI is InChI=1S/C26H29BrNOPS/c27-26-20-19-25(31-26)24(18-10-13-21-11-4-1-5-12-21)28-30(29,22-14-6-2-7-15-22)23-16-8-3-9-17-23/h2-3,6-10,13-17,19-21,24H,1,4-5,11-12,18H2,(H,28,29)/b13-10+. The van der Waals surface area contributed by atoms with Gasteiger partial charge in [0, 0.05) is 15.5 Å². The van der Waals surface area contributed by atoms with E-state index < -0.39 is 7.29 Å². The zero-order valence-electron chi connectivity index (χ0n) is 17.6. The molecule has 4 rings (SSSR count). The Bertz CT molecular complexity index is 984. The lowest BCUT2D eigenvalue weighted by molar-refractivity contribution is 0.418. The highest BCUT2D eigenvalue weighted by Crippen LogP contribution is 2.44. The van der Waals surface area contributed by atoms with Crippen LogP contribution < -0.4 is 15.7 Å². The van der Waals surface area contributed by atoms with Crippen molar-refractivity contribution in [3.63, 3.8) is 0 Å². The molecule has 1 heterocycles. The summed E-state index contributed by atoms with van der Waals surface area (Å²) < 4.78 is 15.6. The highest BCUT2D eigenvalue weighted by molar-refractivity contribution is 9.11. The van der Waals surface area contributed by atoms with E-state index in [2.05, 4.69) is 45.3 Å². The van der Waals surface area contributed by atoms with Gasteiger partial charge in [-0.2, -0.15) is 0 Å². The van der Waals surface area contributed by atoms with Crippen molar-refractivity contribution in [2.45, 2.75) is 44.6 Å². The van der Waals surface area contributed by atoms with Crippen molar-refractivity contribution in [2.75, 3.05) is 0 Å². The molecule has 0 aliphatic heterocycles. The molecule has 1 aliphatic carbocycles. The van der Waals surface area contributed by atoms with Crippen LogP contribution in [0.4, 0.5) is 0 Å². The molecule has 1 fully saturated rings. The van der Waals surface area contributed by atoms with Crippen molar-refractivity contribution in [3.05, 3.63) is 93.6 Å². The number of allylic oxidation sites excluding steroid dienone is 1. The zero-order chi connectivity index (χ0) is 21.5. The second-order valence-electron chi connectivity index (χ2n) is 8.17. The van der Waals surface area contributed by atoms with Crippen LogP contribution in [0.25, 0.3) is 0 Å². The van der Waals surface area contributed by atoms with Gasteiger partial charge >= 0.3 is 0 Å². The molecule has 1 N–H and O–H groups in total. The van der Waals surface area contributed by atoms with E-state index >= 15 is 0 Å². The lowest BCUT2D eigenvalue weighted by Gasteiger charge is -2.26. The molecule has 0 radical (unpaired) electrons. The van der Waals surface area contributed by atoms with Gasteiger partial charge in [0.05, 0.1) is 9.83 Å². The summed E-state index contributed by atoms with van der Waals surface area (Å²) in [5, 5.41) is 5.32. The molecule has 1 aromatic heterocycles. The van der Waals surface area contributed by atoms with Crippen LogP contribution in [-0.2, 0) is 4.57 Å². The van der Waals surface area contributed by atoms with E-state index in [-0.39, 0.29) is 6.04 Å². The molecule has 1 unspecified atom stereocenters. The quantitative estimate of drug-likeness (QED) is 0.248. The first-order chi connectivity index (χ1) is 15.1. The molecule has 3 aromatic rings. The lowest BCUT2D eigenvalue weighted by atomic mass is 9.89. The fraction of sp³-hybridized carbons (Fsp3) is 0.308. The summed E-state index contributed by atoms with van der Waals surface area (Å²) in [4.78, 5) is 1.20. The normalized spacial score (nSPS) is 16.5. The smallest absolute Gasteiger partial charge is 0.205 e. The Balaban J connectivity index is 1.64. The molecule has 1 saturated carbocycles. The van der Waals surface area contributed by atoms with Crippen molar-refractivity contribution in [2.24, 2.45) is 5.92 Å². The summed E-state index contributed by atoms with van der Waals surface area (Å²) in [7, 11) is -3.00. The Morgan fingerprint density at radius 3 is 2.10 bits per heavy atom. The molecular formula is C26H29BrNOPS. The van der Waals surface area contributed by atoms with Crippen molar-refractivity contribution < 1.29 is 4.57 Å². The monoisotopic (exact) mass is 513 g/mol. The number of hydrogen-bond acceptors (Lipinski definition) is 2. The van der Waals surface area contributed by atoms with E-state index in [1.54, 1.807) is 11.3 Å². The van der Waals surface area contributed by atoms with Crippen LogP contribution >= 0.6 is 34.6 Å². The van der Waals surface area contributed by atoms with Crippen LogP contribution in [-0.4, -0.2) is 0 Å². The summed E-state index contributed by atoms with van der Waals surface area (Å²) >= 11 is 5.32. The zero-order valence-corrected chi connectivity index (χ0v) is 20.9. The summed E-state index contributed by atoms with van der Waals surface area (Å²) in [5.74, 6) is 0.694. The molecule has 2 aromatic carbocycles. The molecule has 0 amide bonds. The van der Waals surface area contributed by atoms with E-state index in [1.807, 2.05) is 60.7 Å². The third kappa shape index (κ3) is 5.87. The minimum atomic E-state index is -3.00. The summed E-state index contributed by atoms with van der Waals surface area (Å²) in [6, 6.07) is 23.9. The fourth-order valence-electron chi connectivity index (χ4n) is 4.28. The van der Waals surface area contributed by atoms with Gasteiger partial charge < -0.3 is 0 Å². The molecule has 31 heavy (non-hydrogen) atoms. The fourth-order valence-corrected chi connectivity index (χ4v) is 8.31. The number of halogens is 1. The van der Waals surface area contributed by atoms with E-state index in [4.69, 9.17) is 0 Å². The van der Waals surface area contributed by atoms with Crippen LogP contribution in [0, 0.1) is 5.92 Å². The van der Waals surface area contributed by atoms with Gasteiger partial charge in [0.1, 0.15) is 0 Å². The highest BCUT2D eigenvalue weighted by atomic mass is 79.9. The van der Waals surface area contributed by atoms with Gasteiger partial charge in [0.15, 0.2) is 0 Å². The Morgan fingerprint density at radius 2 is 1.55 bits per heavy atom. The van der Waals surface area contributed by atoms with E-state index in [0.717, 1.165) is 20.8 Å². The third-order valence-corrected chi connectivity index (χ3v) is 10.4. The summed E-state index contributed by atoms with van der Waals surface area (Å²) in [6.07, 6.45) is 12.2. The van der Waals surface area contributed by atoms with Crippen molar-refractivity contribution in [3.8, 4) is 0 Å². The average molecular weight is 514 g/mol. The number of thiophene rings is 1. The topological polar surface area (TPSA) is 29.1 Å². The molecule has 162 valence electrons. The largest absolute Gasteiger partial charge is 0.297 e. The first-order valence-corrected chi connectivity index (χ1v) is 14.4. The average Bonchev–Trinajstić information content (AvgIpc) is 3.26. The van der Waals surface area contributed by atoms with Crippen LogP contribution in [0.5, 0.6) is 0 Å². The second kappa shape index (κ2) is 10.9. The molecular weight excluding hydrogens is 485 g/mol. The van der Waals surface area contributed by atoms with E-state index in [9.17, 15) is 4.57 Å². The molecule has 0 spiro atoms. The van der Waals surface area contributed by atoms with Gasteiger partial charge in [-0.1, -0.05) is 67.8 Å². The number of hydrogen-bond donors (Lipinski definition) is 1.